The van der Waals surface area contributed by atoms with E-state index < -0.39 is 0 Å². The average Bonchev–Trinajstić information content (AvgIpc) is 2.44. The van der Waals surface area contributed by atoms with Crippen molar-refractivity contribution in [3.05, 3.63) is 29.3 Å². The Morgan fingerprint density at radius 2 is 1.73 bits per heavy atom. The van der Waals surface area contributed by atoms with Gasteiger partial charge in [-0.25, -0.2) is 0 Å². The predicted octanol–water partition coefficient (Wildman–Crippen LogP) is 4.08. The van der Waals surface area contributed by atoms with Crippen molar-refractivity contribution in [2.24, 2.45) is 11.8 Å². The zero-order chi connectivity index (χ0) is 16.9. The molecule has 0 radical (unpaired) electrons. The number of aliphatic hydroxyl groups is 1. The van der Waals surface area contributed by atoms with Crippen LogP contribution in [-0.4, -0.2) is 37.3 Å². The Morgan fingerprint density at radius 3 is 2.18 bits per heavy atom. The smallest absolute Gasteiger partial charge is 0.122 e. The fraction of sp³-hybridized carbons (Fsp3) is 0.684. The first-order chi connectivity index (χ1) is 10.3. The number of hydrogen-bond donors (Lipinski definition) is 1. The van der Waals surface area contributed by atoms with E-state index in [1.165, 1.54) is 11.1 Å². The lowest BCUT2D eigenvalue weighted by Gasteiger charge is -2.30. The Bertz CT molecular complexity index is 455. The van der Waals surface area contributed by atoms with Crippen LogP contribution in [0.4, 0.5) is 0 Å². The van der Waals surface area contributed by atoms with Crippen LogP contribution in [0.25, 0.3) is 0 Å². The van der Waals surface area contributed by atoms with Crippen molar-refractivity contribution in [2.75, 3.05) is 27.3 Å². The summed E-state index contributed by atoms with van der Waals surface area (Å²) in [4.78, 5) is 2.18. The molecule has 3 nitrogen and oxygen atoms in total. The first-order valence-electron chi connectivity index (χ1n) is 8.31. The molecule has 0 aliphatic heterocycles. The molecule has 0 aliphatic carbocycles. The van der Waals surface area contributed by atoms with E-state index in [0.29, 0.717) is 11.8 Å². The van der Waals surface area contributed by atoms with Gasteiger partial charge < -0.3 is 14.7 Å². The van der Waals surface area contributed by atoms with Crippen LogP contribution in [-0.2, 0) is 0 Å². The third-order valence-electron chi connectivity index (χ3n) is 3.95. The summed E-state index contributed by atoms with van der Waals surface area (Å²) in [6.07, 6.45) is 0. The second-order valence-corrected chi connectivity index (χ2v) is 7.23. The molecule has 0 spiro atoms. The molecular formula is C19H33NO2. The van der Waals surface area contributed by atoms with Gasteiger partial charge in [0, 0.05) is 12.6 Å². The quantitative estimate of drug-likeness (QED) is 0.785. The van der Waals surface area contributed by atoms with Gasteiger partial charge in [-0.15, -0.1) is 0 Å². The molecule has 1 N–H and O–H groups in total. The summed E-state index contributed by atoms with van der Waals surface area (Å²) in [7, 11) is 4.13. The molecule has 0 saturated heterocycles. The minimum Gasteiger partial charge on any atom is -0.493 e. The molecule has 0 aliphatic rings. The van der Waals surface area contributed by atoms with Crippen LogP contribution in [0.5, 0.6) is 5.75 Å². The topological polar surface area (TPSA) is 32.7 Å². The van der Waals surface area contributed by atoms with Gasteiger partial charge in [0.1, 0.15) is 5.75 Å². The van der Waals surface area contributed by atoms with Gasteiger partial charge in [-0.2, -0.15) is 0 Å². The van der Waals surface area contributed by atoms with Crippen LogP contribution in [0.1, 0.15) is 57.7 Å². The highest BCUT2D eigenvalue weighted by molar-refractivity contribution is 5.40. The summed E-state index contributed by atoms with van der Waals surface area (Å²) in [6.45, 7) is 11.7. The first-order valence-corrected chi connectivity index (χ1v) is 8.31. The number of nitrogens with zero attached hydrogens (tertiary/aromatic N) is 1. The van der Waals surface area contributed by atoms with Gasteiger partial charge in [-0.05, 0) is 49.0 Å². The number of ether oxygens (including phenoxy) is 1. The third kappa shape index (κ3) is 4.99. The van der Waals surface area contributed by atoms with Crippen molar-refractivity contribution in [3.8, 4) is 5.75 Å². The minimum absolute atomic E-state index is 0.186. The van der Waals surface area contributed by atoms with Crippen LogP contribution in [0, 0.1) is 11.8 Å². The van der Waals surface area contributed by atoms with Gasteiger partial charge in [0.05, 0.1) is 6.61 Å². The summed E-state index contributed by atoms with van der Waals surface area (Å²) in [5, 5.41) is 9.54. The summed E-state index contributed by atoms with van der Waals surface area (Å²) in [5.41, 5.74) is 2.49. The maximum Gasteiger partial charge on any atom is 0.122 e. The van der Waals surface area contributed by atoms with Crippen LogP contribution in [0.3, 0.4) is 0 Å². The first kappa shape index (κ1) is 19.0. The van der Waals surface area contributed by atoms with Crippen LogP contribution in [0.15, 0.2) is 18.2 Å². The van der Waals surface area contributed by atoms with E-state index in [1.807, 2.05) is 0 Å². The monoisotopic (exact) mass is 307 g/mol. The van der Waals surface area contributed by atoms with Gasteiger partial charge in [0.2, 0.25) is 0 Å². The second kappa shape index (κ2) is 8.54. The minimum atomic E-state index is 0.186. The molecule has 1 rings (SSSR count). The highest BCUT2D eigenvalue weighted by atomic mass is 16.5. The van der Waals surface area contributed by atoms with Crippen LogP contribution < -0.4 is 4.74 Å². The van der Waals surface area contributed by atoms with E-state index in [-0.39, 0.29) is 18.6 Å². The summed E-state index contributed by atoms with van der Waals surface area (Å²) < 4.78 is 5.98. The maximum atomic E-state index is 9.54. The van der Waals surface area contributed by atoms with Crippen molar-refractivity contribution < 1.29 is 9.84 Å². The fourth-order valence-electron chi connectivity index (χ4n) is 2.83. The number of rotatable bonds is 8. The van der Waals surface area contributed by atoms with Crippen LogP contribution in [0.2, 0.25) is 0 Å². The zero-order valence-electron chi connectivity index (χ0n) is 15.3. The van der Waals surface area contributed by atoms with Crippen molar-refractivity contribution in [1.29, 1.82) is 0 Å². The molecule has 1 aromatic carbocycles. The van der Waals surface area contributed by atoms with Crippen molar-refractivity contribution in [2.45, 2.75) is 46.6 Å². The number of benzene rings is 1. The predicted molar refractivity (Wildman–Crippen MR) is 93.5 cm³/mol. The highest BCUT2D eigenvalue weighted by Gasteiger charge is 2.22. The number of hydrogen-bond acceptors (Lipinski definition) is 3. The molecule has 3 heteroatoms. The Morgan fingerprint density at radius 1 is 1.09 bits per heavy atom. The summed E-state index contributed by atoms with van der Waals surface area (Å²) >= 11 is 0. The third-order valence-corrected chi connectivity index (χ3v) is 3.95. The van der Waals surface area contributed by atoms with Crippen molar-refractivity contribution in [1.82, 2.24) is 4.90 Å². The van der Waals surface area contributed by atoms with E-state index in [4.69, 9.17) is 4.74 Å². The van der Waals surface area contributed by atoms with Crippen molar-refractivity contribution >= 4 is 0 Å². The maximum absolute atomic E-state index is 9.54. The normalized spacial score (nSPS) is 14.7. The number of aliphatic hydroxyl groups excluding tert-OH is 1. The molecule has 0 amide bonds. The van der Waals surface area contributed by atoms with E-state index in [1.54, 1.807) is 0 Å². The standard InChI is InChI=1S/C19H33NO2/c1-13(2)12-22-18-9-8-16(10-17(18)14(3)4)19(20(6)7)15(5)11-21/h8-10,13-15,19,21H,11-12H2,1-7H3. The molecule has 0 saturated carbocycles. The second-order valence-electron chi connectivity index (χ2n) is 7.23. The zero-order valence-corrected chi connectivity index (χ0v) is 15.3. The molecule has 0 heterocycles. The summed E-state index contributed by atoms with van der Waals surface area (Å²) in [6, 6.07) is 6.69. The summed E-state index contributed by atoms with van der Waals surface area (Å²) in [5.74, 6) is 2.11. The van der Waals surface area contributed by atoms with Gasteiger partial charge in [-0.3, -0.25) is 0 Å². The van der Waals surface area contributed by atoms with Crippen molar-refractivity contribution in [3.63, 3.8) is 0 Å². The molecular weight excluding hydrogens is 274 g/mol. The highest BCUT2D eigenvalue weighted by Crippen LogP contribution is 2.33. The molecule has 2 atom stereocenters. The Kier molecular flexibility index (Phi) is 7.37. The lowest BCUT2D eigenvalue weighted by molar-refractivity contribution is 0.145. The Labute approximate surface area is 136 Å². The molecule has 22 heavy (non-hydrogen) atoms. The van der Waals surface area contributed by atoms with Gasteiger partial charge >= 0.3 is 0 Å². The Hall–Kier alpha value is -1.06. The molecule has 1 aromatic rings. The van der Waals surface area contributed by atoms with E-state index >= 15 is 0 Å². The van der Waals surface area contributed by atoms with Gasteiger partial charge in [-0.1, -0.05) is 46.8 Å². The average molecular weight is 307 g/mol. The molecule has 2 unspecified atom stereocenters. The van der Waals surface area contributed by atoms with Crippen LogP contribution >= 0.6 is 0 Å². The largest absolute Gasteiger partial charge is 0.493 e. The van der Waals surface area contributed by atoms with E-state index in [9.17, 15) is 5.11 Å². The molecule has 0 bridgehead atoms. The lowest BCUT2D eigenvalue weighted by Crippen LogP contribution is -2.28. The SMILES string of the molecule is CC(C)COc1ccc(C(C(C)CO)N(C)C)cc1C(C)C. The van der Waals surface area contributed by atoms with Gasteiger partial charge in [0.25, 0.3) is 0 Å². The lowest BCUT2D eigenvalue weighted by atomic mass is 9.90. The Balaban J connectivity index is 3.15. The molecule has 0 aromatic heterocycles. The molecule has 126 valence electrons. The fourth-order valence-corrected chi connectivity index (χ4v) is 2.83. The molecule has 0 fully saturated rings. The van der Waals surface area contributed by atoms with E-state index in [2.05, 4.69) is 71.8 Å². The van der Waals surface area contributed by atoms with Gasteiger partial charge in [0.15, 0.2) is 0 Å². The van der Waals surface area contributed by atoms with E-state index in [0.717, 1.165) is 12.4 Å².